The minimum absolute atomic E-state index is 0.0872. The average Bonchev–Trinajstić information content (AvgIpc) is 2.46. The van der Waals surface area contributed by atoms with Crippen LogP contribution in [0.1, 0.15) is 36.2 Å². The van der Waals surface area contributed by atoms with Crippen LogP contribution in [0.2, 0.25) is 0 Å². The fourth-order valence-corrected chi connectivity index (χ4v) is 2.28. The number of anilines is 2. The van der Waals surface area contributed by atoms with Crippen LogP contribution >= 0.6 is 0 Å². The van der Waals surface area contributed by atoms with Crippen molar-refractivity contribution in [3.8, 4) is 0 Å². The Morgan fingerprint density at radius 3 is 2.43 bits per heavy atom. The van der Waals surface area contributed by atoms with Gasteiger partial charge in [-0.3, -0.25) is 9.59 Å². The van der Waals surface area contributed by atoms with Crippen molar-refractivity contribution in [3.05, 3.63) is 59.7 Å². The third kappa shape index (κ3) is 4.95. The highest BCUT2D eigenvalue weighted by Gasteiger charge is 2.14. The minimum Gasteiger partial charge on any atom is -0.325 e. The summed E-state index contributed by atoms with van der Waals surface area (Å²) in [5.74, 6) is -0.0601. The van der Waals surface area contributed by atoms with Gasteiger partial charge < -0.3 is 10.6 Å². The zero-order chi connectivity index (χ0) is 16.8. The quantitative estimate of drug-likeness (QED) is 0.868. The normalized spacial score (nSPS) is 10.4. The maximum absolute atomic E-state index is 12.5. The first-order valence-corrected chi connectivity index (χ1v) is 7.72. The number of carbonyl (C=O) groups excluding carboxylic acids is 2. The molecule has 0 aromatic heterocycles. The van der Waals surface area contributed by atoms with Gasteiger partial charge in [0.1, 0.15) is 0 Å². The van der Waals surface area contributed by atoms with E-state index in [1.165, 1.54) is 0 Å². The fourth-order valence-electron chi connectivity index (χ4n) is 2.28. The molecule has 2 aromatic rings. The Hall–Kier alpha value is -2.62. The van der Waals surface area contributed by atoms with Crippen LogP contribution in [0, 0.1) is 12.8 Å². The highest BCUT2D eigenvalue weighted by Crippen LogP contribution is 2.18. The first-order chi connectivity index (χ1) is 11.0. The topological polar surface area (TPSA) is 58.2 Å². The molecule has 0 radical (unpaired) electrons. The molecular weight excluding hydrogens is 288 g/mol. The molecule has 0 unspecified atom stereocenters. The third-order valence-electron chi connectivity index (χ3n) is 3.32. The maximum Gasteiger partial charge on any atom is 0.257 e. The summed E-state index contributed by atoms with van der Waals surface area (Å²) in [6.07, 6.45) is 0.424. The number of rotatable bonds is 5. The Balaban J connectivity index is 2.15. The maximum atomic E-state index is 12.5. The molecule has 2 aromatic carbocycles. The highest BCUT2D eigenvalue weighted by molar-refractivity contribution is 6.10. The second-order valence-electron chi connectivity index (χ2n) is 6.02. The third-order valence-corrected chi connectivity index (χ3v) is 3.32. The predicted molar refractivity (Wildman–Crippen MR) is 93.7 cm³/mol. The molecule has 0 heterocycles. The van der Waals surface area contributed by atoms with E-state index in [9.17, 15) is 9.59 Å². The second-order valence-corrected chi connectivity index (χ2v) is 6.02. The Morgan fingerprint density at radius 2 is 1.74 bits per heavy atom. The first kappa shape index (κ1) is 16.7. The molecule has 23 heavy (non-hydrogen) atoms. The van der Waals surface area contributed by atoms with E-state index in [1.807, 2.05) is 45.0 Å². The molecule has 120 valence electrons. The Morgan fingerprint density at radius 1 is 1.00 bits per heavy atom. The van der Waals surface area contributed by atoms with Crippen molar-refractivity contribution < 1.29 is 9.59 Å². The van der Waals surface area contributed by atoms with Gasteiger partial charge >= 0.3 is 0 Å². The van der Waals surface area contributed by atoms with Crippen LogP contribution in [0.5, 0.6) is 0 Å². The van der Waals surface area contributed by atoms with Crippen molar-refractivity contribution in [2.45, 2.75) is 27.2 Å². The lowest BCUT2D eigenvalue weighted by Gasteiger charge is -2.12. The van der Waals surface area contributed by atoms with Crippen LogP contribution in [0.15, 0.2) is 48.5 Å². The van der Waals surface area contributed by atoms with Crippen LogP contribution in [0.3, 0.4) is 0 Å². The van der Waals surface area contributed by atoms with Crippen molar-refractivity contribution in [1.82, 2.24) is 0 Å². The molecule has 0 fully saturated rings. The first-order valence-electron chi connectivity index (χ1n) is 7.72. The number of aryl methyl sites for hydroxylation is 1. The lowest BCUT2D eigenvalue weighted by atomic mass is 10.1. The second kappa shape index (κ2) is 7.58. The molecule has 2 rings (SSSR count). The molecule has 2 N–H and O–H groups in total. The van der Waals surface area contributed by atoms with Gasteiger partial charge in [-0.25, -0.2) is 0 Å². The summed E-state index contributed by atoms with van der Waals surface area (Å²) in [5.41, 5.74) is 2.79. The molecular formula is C19H22N2O2. The van der Waals surface area contributed by atoms with Gasteiger partial charge in [-0.15, -0.1) is 0 Å². The van der Waals surface area contributed by atoms with Gasteiger partial charge in [0.25, 0.3) is 5.91 Å². The number of carbonyl (C=O) groups is 2. The summed E-state index contributed by atoms with van der Waals surface area (Å²) in [5, 5.41) is 5.68. The van der Waals surface area contributed by atoms with Crippen LogP contribution in [0.25, 0.3) is 0 Å². The lowest BCUT2D eigenvalue weighted by Crippen LogP contribution is -2.19. The van der Waals surface area contributed by atoms with E-state index >= 15 is 0 Å². The zero-order valence-electron chi connectivity index (χ0n) is 13.7. The van der Waals surface area contributed by atoms with E-state index in [2.05, 4.69) is 10.6 Å². The summed E-state index contributed by atoms with van der Waals surface area (Å²) in [7, 11) is 0. The minimum atomic E-state index is -0.240. The SMILES string of the molecule is Cc1cccc(NC(=O)c2ccccc2NC(=O)CC(C)C)c1. The molecule has 0 aliphatic heterocycles. The summed E-state index contributed by atoms with van der Waals surface area (Å²) in [6, 6.07) is 14.6. The monoisotopic (exact) mass is 310 g/mol. The van der Waals surface area contributed by atoms with Gasteiger partial charge in [-0.1, -0.05) is 38.1 Å². The number of amides is 2. The van der Waals surface area contributed by atoms with Crippen molar-refractivity contribution >= 4 is 23.2 Å². The zero-order valence-corrected chi connectivity index (χ0v) is 13.7. The number of hydrogen-bond donors (Lipinski definition) is 2. The lowest BCUT2D eigenvalue weighted by molar-refractivity contribution is -0.116. The highest BCUT2D eigenvalue weighted by atomic mass is 16.2. The van der Waals surface area contributed by atoms with Gasteiger partial charge in [0.05, 0.1) is 11.3 Å². The Bertz CT molecular complexity index is 708. The van der Waals surface area contributed by atoms with Crippen LogP contribution in [0.4, 0.5) is 11.4 Å². The van der Waals surface area contributed by atoms with Gasteiger partial charge in [0.15, 0.2) is 0 Å². The standard InChI is InChI=1S/C19H22N2O2/c1-13(2)11-18(22)21-17-10-5-4-9-16(17)19(23)20-15-8-6-7-14(3)12-15/h4-10,12-13H,11H2,1-3H3,(H,20,23)(H,21,22). The van der Waals surface area contributed by atoms with E-state index in [0.29, 0.717) is 17.7 Å². The van der Waals surface area contributed by atoms with Crippen molar-refractivity contribution in [3.63, 3.8) is 0 Å². The molecule has 0 aliphatic carbocycles. The van der Waals surface area contributed by atoms with Crippen molar-refractivity contribution in [1.29, 1.82) is 0 Å². The largest absolute Gasteiger partial charge is 0.325 e. The molecule has 0 bridgehead atoms. The summed E-state index contributed by atoms with van der Waals surface area (Å²) < 4.78 is 0. The molecule has 0 spiro atoms. The molecule has 4 heteroatoms. The van der Waals surface area contributed by atoms with E-state index in [-0.39, 0.29) is 17.7 Å². The van der Waals surface area contributed by atoms with Gasteiger partial charge in [-0.2, -0.15) is 0 Å². The fraction of sp³-hybridized carbons (Fsp3) is 0.263. The molecule has 0 atom stereocenters. The predicted octanol–water partition coefficient (Wildman–Crippen LogP) is 4.23. The van der Waals surface area contributed by atoms with Gasteiger partial charge in [-0.05, 0) is 42.7 Å². The van der Waals surface area contributed by atoms with E-state index in [4.69, 9.17) is 0 Å². The smallest absolute Gasteiger partial charge is 0.257 e. The summed E-state index contributed by atoms with van der Waals surface area (Å²) in [6.45, 7) is 5.93. The number of benzene rings is 2. The number of nitrogens with one attached hydrogen (secondary N) is 2. The molecule has 0 aliphatic rings. The van der Waals surface area contributed by atoms with Crippen molar-refractivity contribution in [2.24, 2.45) is 5.92 Å². The van der Waals surface area contributed by atoms with Crippen LogP contribution < -0.4 is 10.6 Å². The van der Waals surface area contributed by atoms with Gasteiger partial charge in [0.2, 0.25) is 5.91 Å². The van der Waals surface area contributed by atoms with Crippen molar-refractivity contribution in [2.75, 3.05) is 10.6 Å². The van der Waals surface area contributed by atoms with E-state index in [0.717, 1.165) is 11.3 Å². The summed E-state index contributed by atoms with van der Waals surface area (Å²) >= 11 is 0. The van der Waals surface area contributed by atoms with Crippen LogP contribution in [-0.2, 0) is 4.79 Å². The van der Waals surface area contributed by atoms with E-state index in [1.54, 1.807) is 24.3 Å². The Labute approximate surface area is 136 Å². The molecule has 2 amide bonds. The Kier molecular flexibility index (Phi) is 5.52. The van der Waals surface area contributed by atoms with Gasteiger partial charge in [0, 0.05) is 12.1 Å². The average molecular weight is 310 g/mol. The number of hydrogen-bond acceptors (Lipinski definition) is 2. The molecule has 4 nitrogen and oxygen atoms in total. The molecule has 0 saturated carbocycles. The van der Waals surface area contributed by atoms with Crippen LogP contribution in [-0.4, -0.2) is 11.8 Å². The van der Waals surface area contributed by atoms with E-state index < -0.39 is 0 Å². The number of para-hydroxylation sites is 1. The molecule has 0 saturated heterocycles. The summed E-state index contributed by atoms with van der Waals surface area (Å²) in [4.78, 5) is 24.4.